The number of aromatic carboxylic acids is 1. The highest BCUT2D eigenvalue weighted by atomic mass is 32.1. The summed E-state index contributed by atoms with van der Waals surface area (Å²) < 4.78 is 0. The normalized spacial score (nSPS) is 12.2. The molecular weight excluding hydrogens is 336 g/mol. The first-order chi connectivity index (χ1) is 11.7. The molecule has 1 aromatic heterocycles. The van der Waals surface area contributed by atoms with Crippen LogP contribution < -0.4 is 0 Å². The van der Waals surface area contributed by atoms with Gasteiger partial charge in [-0.2, -0.15) is 0 Å². The zero-order valence-corrected chi connectivity index (χ0v) is 16.1. The van der Waals surface area contributed by atoms with Crippen molar-refractivity contribution in [3.63, 3.8) is 0 Å². The first-order valence-corrected chi connectivity index (χ1v) is 9.07. The molecular formula is C19H24N2O3S. The fourth-order valence-electron chi connectivity index (χ4n) is 2.52. The van der Waals surface area contributed by atoms with Gasteiger partial charge >= 0.3 is 5.97 Å². The molecule has 5 nitrogen and oxygen atoms in total. The minimum absolute atomic E-state index is 0.00512. The van der Waals surface area contributed by atoms with E-state index in [9.17, 15) is 9.59 Å². The van der Waals surface area contributed by atoms with E-state index in [0.717, 1.165) is 21.1 Å². The Kier molecular flexibility index (Phi) is 5.95. The number of nitrogens with zero attached hydrogens (tertiary/aromatic N) is 2. The molecule has 0 saturated heterocycles. The van der Waals surface area contributed by atoms with Crippen LogP contribution in [-0.4, -0.2) is 33.9 Å². The molecule has 0 saturated carbocycles. The average molecular weight is 360 g/mol. The fourth-order valence-corrected chi connectivity index (χ4v) is 3.69. The van der Waals surface area contributed by atoms with Gasteiger partial charge in [0.25, 0.3) is 0 Å². The topological polar surface area (TPSA) is 70.5 Å². The van der Waals surface area contributed by atoms with Crippen molar-refractivity contribution < 1.29 is 14.7 Å². The van der Waals surface area contributed by atoms with Gasteiger partial charge in [-0.05, 0) is 31.5 Å². The lowest BCUT2D eigenvalue weighted by Gasteiger charge is -2.24. The number of likely N-dealkylation sites (N-methyl/N-ethyl adjacent to an activating group) is 1. The lowest BCUT2D eigenvalue weighted by atomic mass is 10.1. The minimum Gasteiger partial charge on any atom is -0.478 e. The van der Waals surface area contributed by atoms with Crippen molar-refractivity contribution in [1.82, 2.24) is 9.88 Å². The van der Waals surface area contributed by atoms with Crippen molar-refractivity contribution in [3.8, 4) is 0 Å². The minimum atomic E-state index is -0.967. The summed E-state index contributed by atoms with van der Waals surface area (Å²) in [5.41, 5.74) is 2.00. The Morgan fingerprint density at radius 1 is 1.20 bits per heavy atom. The number of hydrogen-bond donors (Lipinski definition) is 1. The molecule has 0 spiro atoms. The summed E-state index contributed by atoms with van der Waals surface area (Å²) >= 11 is 1.66. The number of carboxylic acid groups (broad SMARTS) is 1. The maximum absolute atomic E-state index is 12.6. The van der Waals surface area contributed by atoms with Gasteiger partial charge in [0, 0.05) is 17.8 Å². The molecule has 0 aliphatic carbocycles. The Bertz CT molecular complexity index is 765. The van der Waals surface area contributed by atoms with Gasteiger partial charge in [-0.1, -0.05) is 26.0 Å². The monoisotopic (exact) mass is 360 g/mol. The lowest BCUT2D eigenvalue weighted by Crippen LogP contribution is -2.30. The Hall–Kier alpha value is -2.21. The molecule has 1 N–H and O–H groups in total. The van der Waals surface area contributed by atoms with Gasteiger partial charge < -0.3 is 10.0 Å². The van der Waals surface area contributed by atoms with Gasteiger partial charge in [-0.15, -0.1) is 11.3 Å². The second kappa shape index (κ2) is 7.78. The van der Waals surface area contributed by atoms with Crippen molar-refractivity contribution >= 4 is 23.2 Å². The molecule has 0 fully saturated rings. The highest BCUT2D eigenvalue weighted by molar-refractivity contribution is 7.11. The number of benzene rings is 1. The SMILES string of the molecule is Cc1nc(C(C)C)sc1C(C)N(C)C(=O)Cc1ccc(C(=O)O)cc1. The third-order valence-electron chi connectivity index (χ3n) is 4.25. The molecule has 0 radical (unpaired) electrons. The zero-order chi connectivity index (χ0) is 18.7. The predicted octanol–water partition coefficient (Wildman–Crippen LogP) is 4.04. The van der Waals surface area contributed by atoms with Crippen LogP contribution in [0.3, 0.4) is 0 Å². The van der Waals surface area contributed by atoms with Crippen molar-refractivity contribution in [1.29, 1.82) is 0 Å². The van der Waals surface area contributed by atoms with Crippen LogP contribution in [0.1, 0.15) is 64.2 Å². The van der Waals surface area contributed by atoms with Crippen LogP contribution in [-0.2, 0) is 11.2 Å². The van der Waals surface area contributed by atoms with Gasteiger partial charge in [0.05, 0.1) is 28.7 Å². The molecule has 1 atom stereocenters. The van der Waals surface area contributed by atoms with E-state index >= 15 is 0 Å². The van der Waals surface area contributed by atoms with E-state index in [4.69, 9.17) is 5.11 Å². The number of aromatic nitrogens is 1. The molecule has 6 heteroatoms. The first-order valence-electron chi connectivity index (χ1n) is 8.25. The molecule has 0 bridgehead atoms. The Balaban J connectivity index is 2.09. The standard InChI is InChI=1S/C19H24N2O3S/c1-11(2)18-20-12(3)17(25-18)13(4)21(5)16(22)10-14-6-8-15(9-7-14)19(23)24/h6-9,11,13H,10H2,1-5H3,(H,23,24). The smallest absolute Gasteiger partial charge is 0.335 e. The third kappa shape index (κ3) is 4.45. The molecule has 2 rings (SSSR count). The van der Waals surface area contributed by atoms with Gasteiger partial charge in [0.1, 0.15) is 0 Å². The summed E-state index contributed by atoms with van der Waals surface area (Å²) in [5, 5.41) is 10.0. The number of carbonyl (C=O) groups is 2. The molecule has 0 aliphatic heterocycles. The van der Waals surface area contributed by atoms with Gasteiger partial charge in [0.15, 0.2) is 0 Å². The maximum atomic E-state index is 12.6. The van der Waals surface area contributed by atoms with Crippen LogP contribution in [0.2, 0.25) is 0 Å². The molecule has 2 aromatic rings. The summed E-state index contributed by atoms with van der Waals surface area (Å²) in [5.74, 6) is -0.599. The number of aryl methyl sites for hydroxylation is 1. The van der Waals surface area contributed by atoms with Crippen LogP contribution in [0.4, 0.5) is 0 Å². The Morgan fingerprint density at radius 2 is 1.80 bits per heavy atom. The summed E-state index contributed by atoms with van der Waals surface area (Å²) in [6.07, 6.45) is 0.246. The van der Waals surface area contributed by atoms with Crippen molar-refractivity contribution in [3.05, 3.63) is 51.0 Å². The zero-order valence-electron chi connectivity index (χ0n) is 15.2. The van der Waals surface area contributed by atoms with Crippen LogP contribution in [0.15, 0.2) is 24.3 Å². The summed E-state index contributed by atoms with van der Waals surface area (Å²) in [7, 11) is 1.80. The average Bonchev–Trinajstić information content (AvgIpc) is 2.96. The molecule has 1 amide bonds. The van der Waals surface area contributed by atoms with E-state index in [-0.39, 0.29) is 23.9 Å². The van der Waals surface area contributed by atoms with Gasteiger partial charge in [-0.3, -0.25) is 4.79 Å². The van der Waals surface area contributed by atoms with E-state index in [1.54, 1.807) is 35.4 Å². The number of rotatable bonds is 6. The first kappa shape index (κ1) is 19.1. The van der Waals surface area contributed by atoms with Crippen LogP contribution in [0, 0.1) is 6.92 Å². The highest BCUT2D eigenvalue weighted by Gasteiger charge is 2.22. The second-order valence-electron chi connectivity index (χ2n) is 6.52. The van der Waals surface area contributed by atoms with Crippen LogP contribution in [0.5, 0.6) is 0 Å². The highest BCUT2D eigenvalue weighted by Crippen LogP contribution is 2.32. The Labute approximate surface area is 152 Å². The van der Waals surface area contributed by atoms with E-state index in [2.05, 4.69) is 18.8 Å². The van der Waals surface area contributed by atoms with Crippen molar-refractivity contribution in [2.45, 2.75) is 46.1 Å². The predicted molar refractivity (Wildman–Crippen MR) is 99.2 cm³/mol. The third-order valence-corrected chi connectivity index (χ3v) is 5.88. The number of carbonyl (C=O) groups excluding carboxylic acids is 1. The van der Waals surface area contributed by atoms with Gasteiger partial charge in [-0.25, -0.2) is 9.78 Å². The van der Waals surface area contributed by atoms with E-state index < -0.39 is 5.97 Å². The fraction of sp³-hybridized carbons (Fsp3) is 0.421. The second-order valence-corrected chi connectivity index (χ2v) is 7.58. The largest absolute Gasteiger partial charge is 0.478 e. The number of thiazole rings is 1. The molecule has 25 heavy (non-hydrogen) atoms. The van der Waals surface area contributed by atoms with E-state index in [0.29, 0.717) is 5.92 Å². The number of carboxylic acids is 1. The van der Waals surface area contributed by atoms with Crippen LogP contribution in [0.25, 0.3) is 0 Å². The molecule has 1 heterocycles. The number of hydrogen-bond acceptors (Lipinski definition) is 4. The Morgan fingerprint density at radius 3 is 2.28 bits per heavy atom. The molecule has 134 valence electrons. The van der Waals surface area contributed by atoms with Crippen LogP contribution >= 0.6 is 11.3 Å². The number of amides is 1. The molecule has 1 aromatic carbocycles. The maximum Gasteiger partial charge on any atom is 0.335 e. The van der Waals surface area contributed by atoms with E-state index in [1.165, 1.54) is 12.1 Å². The van der Waals surface area contributed by atoms with Crippen molar-refractivity contribution in [2.24, 2.45) is 0 Å². The summed E-state index contributed by atoms with van der Waals surface area (Å²) in [6.45, 7) is 8.22. The lowest BCUT2D eigenvalue weighted by molar-refractivity contribution is -0.131. The van der Waals surface area contributed by atoms with Gasteiger partial charge in [0.2, 0.25) is 5.91 Å². The van der Waals surface area contributed by atoms with E-state index in [1.807, 2.05) is 13.8 Å². The quantitative estimate of drug-likeness (QED) is 0.844. The van der Waals surface area contributed by atoms with Crippen molar-refractivity contribution in [2.75, 3.05) is 7.05 Å². The summed E-state index contributed by atoms with van der Waals surface area (Å²) in [6, 6.07) is 6.38. The summed E-state index contributed by atoms with van der Waals surface area (Å²) in [4.78, 5) is 30.9. The molecule has 0 aliphatic rings. The molecule has 1 unspecified atom stereocenters.